The zero-order chi connectivity index (χ0) is 20.1. The lowest BCUT2D eigenvalue weighted by Crippen LogP contribution is -2.50. The molecule has 2 N–H and O–H groups in total. The van der Waals surface area contributed by atoms with Gasteiger partial charge >= 0.3 is 0 Å². The molecule has 2 amide bonds. The lowest BCUT2D eigenvalue weighted by atomic mass is 10.0. The standard InChI is InChI=1S/C20H22ClN5O2/c1-13(2)18(23-19(27)14-6-8-15(21)9-7-14)20(28)22-11-10-17-25-24-16-5-3-4-12-26(16)17/h3-9,12-13,18H,10-11H2,1-2H3,(H,22,28)(H,23,27). The summed E-state index contributed by atoms with van der Waals surface area (Å²) in [6.45, 7) is 4.17. The van der Waals surface area contributed by atoms with E-state index < -0.39 is 6.04 Å². The molecule has 1 atom stereocenters. The zero-order valence-corrected chi connectivity index (χ0v) is 16.5. The van der Waals surface area contributed by atoms with Gasteiger partial charge in [0.25, 0.3) is 5.91 Å². The van der Waals surface area contributed by atoms with Crippen LogP contribution in [0.1, 0.15) is 30.0 Å². The van der Waals surface area contributed by atoms with E-state index in [1.807, 2.05) is 42.6 Å². The lowest BCUT2D eigenvalue weighted by molar-refractivity contribution is -0.123. The Morgan fingerprint density at radius 3 is 2.57 bits per heavy atom. The van der Waals surface area contributed by atoms with Crippen molar-refractivity contribution in [1.82, 2.24) is 25.2 Å². The Balaban J connectivity index is 1.58. The number of halogens is 1. The molecule has 3 aromatic rings. The fourth-order valence-electron chi connectivity index (χ4n) is 2.83. The van der Waals surface area contributed by atoms with E-state index in [2.05, 4.69) is 20.8 Å². The average Bonchev–Trinajstić information content (AvgIpc) is 3.09. The van der Waals surface area contributed by atoms with Crippen LogP contribution in [0.15, 0.2) is 48.7 Å². The molecule has 0 aliphatic heterocycles. The van der Waals surface area contributed by atoms with Gasteiger partial charge < -0.3 is 10.6 Å². The van der Waals surface area contributed by atoms with Gasteiger partial charge in [-0.25, -0.2) is 0 Å². The molecule has 1 aromatic carbocycles. The summed E-state index contributed by atoms with van der Waals surface area (Å²) in [7, 11) is 0. The summed E-state index contributed by atoms with van der Waals surface area (Å²) >= 11 is 5.85. The maximum absolute atomic E-state index is 12.6. The first-order valence-corrected chi connectivity index (χ1v) is 9.46. The summed E-state index contributed by atoms with van der Waals surface area (Å²) in [6.07, 6.45) is 2.42. The molecule has 0 fully saturated rings. The second-order valence-corrected chi connectivity index (χ2v) is 7.22. The summed E-state index contributed by atoms with van der Waals surface area (Å²) in [5.41, 5.74) is 1.22. The SMILES string of the molecule is CC(C)C(NC(=O)c1ccc(Cl)cc1)C(=O)NCCc1nnc2ccccn12. The number of pyridine rings is 1. The Morgan fingerprint density at radius 1 is 1.11 bits per heavy atom. The highest BCUT2D eigenvalue weighted by Gasteiger charge is 2.24. The van der Waals surface area contributed by atoms with Gasteiger partial charge in [-0.1, -0.05) is 31.5 Å². The maximum atomic E-state index is 12.6. The predicted molar refractivity (Wildman–Crippen MR) is 107 cm³/mol. The minimum Gasteiger partial charge on any atom is -0.354 e. The quantitative estimate of drug-likeness (QED) is 0.638. The third kappa shape index (κ3) is 4.67. The number of hydrogen-bond acceptors (Lipinski definition) is 4. The van der Waals surface area contributed by atoms with Crippen molar-refractivity contribution < 1.29 is 9.59 Å². The number of hydrogen-bond donors (Lipinski definition) is 2. The molecule has 28 heavy (non-hydrogen) atoms. The Labute approximate surface area is 168 Å². The number of aromatic nitrogens is 3. The van der Waals surface area contributed by atoms with Crippen LogP contribution in [-0.2, 0) is 11.2 Å². The fourth-order valence-corrected chi connectivity index (χ4v) is 2.96. The summed E-state index contributed by atoms with van der Waals surface area (Å²) in [4.78, 5) is 25.0. The monoisotopic (exact) mass is 399 g/mol. The number of benzene rings is 1. The highest BCUT2D eigenvalue weighted by Crippen LogP contribution is 2.11. The van der Waals surface area contributed by atoms with Gasteiger partial charge in [-0.3, -0.25) is 14.0 Å². The van der Waals surface area contributed by atoms with Gasteiger partial charge in [-0.15, -0.1) is 10.2 Å². The van der Waals surface area contributed by atoms with Crippen LogP contribution >= 0.6 is 11.6 Å². The van der Waals surface area contributed by atoms with Crippen LogP contribution in [0.4, 0.5) is 0 Å². The number of amides is 2. The summed E-state index contributed by atoms with van der Waals surface area (Å²) in [6, 6.07) is 11.6. The van der Waals surface area contributed by atoms with E-state index in [1.165, 1.54) is 0 Å². The number of carbonyl (C=O) groups excluding carboxylic acids is 2. The molecule has 0 saturated carbocycles. The third-order valence-corrected chi connectivity index (χ3v) is 4.63. The summed E-state index contributed by atoms with van der Waals surface area (Å²) in [5.74, 6) is 0.160. The van der Waals surface area contributed by atoms with E-state index in [0.717, 1.165) is 11.5 Å². The molecule has 2 heterocycles. The Bertz CT molecular complexity index is 968. The molecule has 0 spiro atoms. The fraction of sp³-hybridized carbons (Fsp3) is 0.300. The number of fused-ring (bicyclic) bond motifs is 1. The third-order valence-electron chi connectivity index (χ3n) is 4.37. The first kappa shape index (κ1) is 19.8. The van der Waals surface area contributed by atoms with Crippen LogP contribution in [0.2, 0.25) is 5.02 Å². The van der Waals surface area contributed by atoms with Crippen molar-refractivity contribution in [3.05, 3.63) is 65.1 Å². The van der Waals surface area contributed by atoms with Gasteiger partial charge in [0.15, 0.2) is 5.65 Å². The molecule has 0 radical (unpaired) electrons. The van der Waals surface area contributed by atoms with Crippen molar-refractivity contribution in [3.8, 4) is 0 Å². The number of carbonyl (C=O) groups is 2. The van der Waals surface area contributed by atoms with Gasteiger partial charge in [0, 0.05) is 29.7 Å². The van der Waals surface area contributed by atoms with Gasteiger partial charge in [0.1, 0.15) is 11.9 Å². The van der Waals surface area contributed by atoms with Gasteiger partial charge in [0.05, 0.1) is 0 Å². The topological polar surface area (TPSA) is 88.4 Å². The van der Waals surface area contributed by atoms with Gasteiger partial charge in [-0.2, -0.15) is 0 Å². The summed E-state index contributed by atoms with van der Waals surface area (Å²) < 4.78 is 1.88. The van der Waals surface area contributed by atoms with Crippen molar-refractivity contribution in [1.29, 1.82) is 0 Å². The molecule has 0 saturated heterocycles. The molecule has 0 aliphatic carbocycles. The van der Waals surface area contributed by atoms with E-state index in [4.69, 9.17) is 11.6 Å². The van der Waals surface area contributed by atoms with Crippen molar-refractivity contribution in [2.24, 2.45) is 5.92 Å². The van der Waals surface area contributed by atoms with Crippen molar-refractivity contribution in [3.63, 3.8) is 0 Å². The van der Waals surface area contributed by atoms with Crippen LogP contribution in [0.25, 0.3) is 5.65 Å². The van der Waals surface area contributed by atoms with E-state index in [-0.39, 0.29) is 17.7 Å². The lowest BCUT2D eigenvalue weighted by Gasteiger charge is -2.21. The first-order chi connectivity index (χ1) is 13.5. The minimum absolute atomic E-state index is 0.0647. The smallest absolute Gasteiger partial charge is 0.251 e. The number of nitrogens with zero attached hydrogens (tertiary/aromatic N) is 3. The van der Waals surface area contributed by atoms with E-state index in [9.17, 15) is 9.59 Å². The van der Waals surface area contributed by atoms with Crippen LogP contribution in [-0.4, -0.2) is 39.0 Å². The van der Waals surface area contributed by atoms with E-state index in [0.29, 0.717) is 23.6 Å². The van der Waals surface area contributed by atoms with E-state index in [1.54, 1.807) is 24.3 Å². The van der Waals surface area contributed by atoms with Gasteiger partial charge in [0.2, 0.25) is 5.91 Å². The molecular formula is C20H22ClN5O2. The summed E-state index contributed by atoms with van der Waals surface area (Å²) in [5, 5.41) is 14.5. The molecule has 7 nitrogen and oxygen atoms in total. The van der Waals surface area contributed by atoms with E-state index >= 15 is 0 Å². The molecule has 0 aliphatic rings. The minimum atomic E-state index is -0.640. The molecule has 146 valence electrons. The predicted octanol–water partition coefficient (Wildman–Crippen LogP) is 2.50. The number of rotatable bonds is 7. The average molecular weight is 400 g/mol. The van der Waals surface area contributed by atoms with Crippen LogP contribution < -0.4 is 10.6 Å². The Hall–Kier alpha value is -2.93. The normalized spacial score (nSPS) is 12.1. The Morgan fingerprint density at radius 2 is 1.86 bits per heavy atom. The first-order valence-electron chi connectivity index (χ1n) is 9.08. The van der Waals surface area contributed by atoms with Gasteiger partial charge in [-0.05, 0) is 42.3 Å². The molecule has 0 bridgehead atoms. The molecular weight excluding hydrogens is 378 g/mol. The molecule has 3 rings (SSSR count). The van der Waals surface area contributed by atoms with Crippen molar-refractivity contribution in [2.75, 3.05) is 6.54 Å². The molecule has 2 aromatic heterocycles. The van der Waals surface area contributed by atoms with Crippen molar-refractivity contribution >= 4 is 29.1 Å². The largest absolute Gasteiger partial charge is 0.354 e. The van der Waals surface area contributed by atoms with Crippen LogP contribution in [0.3, 0.4) is 0 Å². The molecule has 1 unspecified atom stereocenters. The zero-order valence-electron chi connectivity index (χ0n) is 15.7. The second kappa shape index (κ2) is 8.84. The number of nitrogens with one attached hydrogen (secondary N) is 2. The van der Waals surface area contributed by atoms with Crippen molar-refractivity contribution in [2.45, 2.75) is 26.3 Å². The van der Waals surface area contributed by atoms with Crippen LogP contribution in [0.5, 0.6) is 0 Å². The Kier molecular flexibility index (Phi) is 6.26. The molecule has 8 heteroatoms. The second-order valence-electron chi connectivity index (χ2n) is 6.79. The highest BCUT2D eigenvalue weighted by atomic mass is 35.5. The maximum Gasteiger partial charge on any atom is 0.251 e. The highest BCUT2D eigenvalue weighted by molar-refractivity contribution is 6.30. The van der Waals surface area contributed by atoms with Crippen LogP contribution in [0, 0.1) is 5.92 Å².